The minimum Gasteiger partial charge on any atom is -0.457 e. The lowest BCUT2D eigenvalue weighted by Gasteiger charge is -2.44. The minimum atomic E-state index is 0.435. The van der Waals surface area contributed by atoms with Gasteiger partial charge in [-0.2, -0.15) is 0 Å². The number of anilines is 1. The number of nitrogen functional groups attached to an aromatic ring is 1. The van der Waals surface area contributed by atoms with Crippen LogP contribution in [0, 0.1) is 0 Å². The Kier molecular flexibility index (Phi) is 6.26. The second-order valence-corrected chi connectivity index (χ2v) is 11.1. The van der Waals surface area contributed by atoms with E-state index in [4.69, 9.17) is 15.5 Å². The summed E-state index contributed by atoms with van der Waals surface area (Å²) in [6.07, 6.45) is 11.5. The van der Waals surface area contributed by atoms with Crippen molar-refractivity contribution >= 4 is 16.9 Å². The summed E-state index contributed by atoms with van der Waals surface area (Å²) < 4.78 is 8.38. The molecule has 2 saturated heterocycles. The normalized spacial score (nSPS) is 24.5. The molecule has 1 saturated carbocycles. The van der Waals surface area contributed by atoms with Crippen molar-refractivity contribution in [3.8, 4) is 22.6 Å². The number of nitrogens with two attached hydrogens (primary N) is 1. The average molecular weight is 509 g/mol. The van der Waals surface area contributed by atoms with E-state index in [1.807, 2.05) is 42.5 Å². The topological polar surface area (TPSA) is 72.4 Å². The van der Waals surface area contributed by atoms with Crippen LogP contribution in [0.4, 0.5) is 5.82 Å². The molecule has 3 fully saturated rings. The van der Waals surface area contributed by atoms with Crippen molar-refractivity contribution < 1.29 is 4.74 Å². The number of rotatable bonds is 5. The van der Waals surface area contributed by atoms with Crippen molar-refractivity contribution in [1.82, 2.24) is 24.3 Å². The van der Waals surface area contributed by atoms with Gasteiger partial charge in [0, 0.05) is 49.5 Å². The van der Waals surface area contributed by atoms with Crippen LogP contribution in [0.25, 0.3) is 22.2 Å². The molecule has 2 aromatic carbocycles. The van der Waals surface area contributed by atoms with Gasteiger partial charge in [-0.1, -0.05) is 30.3 Å². The lowest BCUT2D eigenvalue weighted by Crippen LogP contribution is -2.54. The van der Waals surface area contributed by atoms with Crippen molar-refractivity contribution in [3.05, 3.63) is 67.1 Å². The molecule has 2 aliphatic heterocycles. The van der Waals surface area contributed by atoms with Crippen molar-refractivity contribution in [2.75, 3.05) is 31.9 Å². The van der Waals surface area contributed by atoms with Gasteiger partial charge < -0.3 is 15.0 Å². The van der Waals surface area contributed by atoms with Gasteiger partial charge in [0.1, 0.15) is 29.3 Å². The van der Waals surface area contributed by atoms with Gasteiger partial charge in [0.05, 0.1) is 5.39 Å². The first-order chi connectivity index (χ1) is 18.7. The van der Waals surface area contributed by atoms with Crippen LogP contribution in [0.1, 0.15) is 44.6 Å². The van der Waals surface area contributed by atoms with Crippen LogP contribution in [-0.2, 0) is 0 Å². The van der Waals surface area contributed by atoms with Gasteiger partial charge in [-0.05, 0) is 74.9 Å². The molecule has 0 radical (unpaired) electrons. The first-order valence-corrected chi connectivity index (χ1v) is 14.2. The highest BCUT2D eigenvalue weighted by Crippen LogP contribution is 2.40. The summed E-state index contributed by atoms with van der Waals surface area (Å²) in [6, 6.07) is 20.0. The van der Waals surface area contributed by atoms with Gasteiger partial charge in [-0.3, -0.25) is 9.80 Å². The summed E-state index contributed by atoms with van der Waals surface area (Å²) in [6.45, 7) is 5.06. The van der Waals surface area contributed by atoms with E-state index in [-0.39, 0.29) is 0 Å². The SMILES string of the molecule is Nc1ncnc2c1c(-c1ccc(Oc3ccccc3)cc1)cn2C1CCC(N2CCN3CCCC3C2)CC1. The molecule has 0 spiro atoms. The van der Waals surface area contributed by atoms with E-state index in [0.29, 0.717) is 17.9 Å². The molecule has 7 heteroatoms. The zero-order valence-electron chi connectivity index (χ0n) is 21.9. The summed E-state index contributed by atoms with van der Waals surface area (Å²) in [5, 5.41) is 0.948. The Hall–Kier alpha value is -3.42. The van der Waals surface area contributed by atoms with Crippen molar-refractivity contribution in [2.45, 2.75) is 56.7 Å². The number of hydrogen-bond acceptors (Lipinski definition) is 6. The molecule has 0 bridgehead atoms. The zero-order chi connectivity index (χ0) is 25.5. The number of hydrogen-bond donors (Lipinski definition) is 1. The molecule has 4 heterocycles. The molecular weight excluding hydrogens is 472 g/mol. The van der Waals surface area contributed by atoms with Crippen LogP contribution in [0.2, 0.25) is 0 Å². The first kappa shape index (κ1) is 23.7. The third kappa shape index (κ3) is 4.44. The maximum absolute atomic E-state index is 6.43. The number of ether oxygens (including phenoxy) is 1. The number of aromatic nitrogens is 3. The molecular formula is C31H36N6O. The molecule has 1 atom stereocenters. The van der Waals surface area contributed by atoms with Gasteiger partial charge in [0.25, 0.3) is 0 Å². The van der Waals surface area contributed by atoms with Gasteiger partial charge in [0.15, 0.2) is 0 Å². The quantitative estimate of drug-likeness (QED) is 0.371. The van der Waals surface area contributed by atoms with E-state index in [2.05, 4.69) is 37.7 Å². The highest BCUT2D eigenvalue weighted by molar-refractivity contribution is 6.00. The number of nitrogens with zero attached hydrogens (tertiary/aromatic N) is 5. The second-order valence-electron chi connectivity index (χ2n) is 11.1. The lowest BCUT2D eigenvalue weighted by atomic mass is 9.89. The van der Waals surface area contributed by atoms with Crippen LogP contribution >= 0.6 is 0 Å². The number of para-hydroxylation sites is 1. The summed E-state index contributed by atoms with van der Waals surface area (Å²) >= 11 is 0. The third-order valence-electron chi connectivity index (χ3n) is 8.98. The largest absolute Gasteiger partial charge is 0.457 e. The van der Waals surface area contributed by atoms with E-state index < -0.39 is 0 Å². The van der Waals surface area contributed by atoms with Gasteiger partial charge in [-0.25, -0.2) is 9.97 Å². The summed E-state index contributed by atoms with van der Waals surface area (Å²) in [7, 11) is 0. The van der Waals surface area contributed by atoms with Crippen LogP contribution in [0.3, 0.4) is 0 Å². The zero-order valence-corrected chi connectivity index (χ0v) is 21.9. The number of fused-ring (bicyclic) bond motifs is 2. The summed E-state index contributed by atoms with van der Waals surface area (Å²) in [4.78, 5) is 14.6. The van der Waals surface area contributed by atoms with Gasteiger partial charge in [-0.15, -0.1) is 0 Å². The fourth-order valence-electron chi connectivity index (χ4n) is 6.98. The molecule has 4 aromatic rings. The van der Waals surface area contributed by atoms with Crippen LogP contribution in [-0.4, -0.2) is 62.6 Å². The van der Waals surface area contributed by atoms with Crippen LogP contribution in [0.15, 0.2) is 67.1 Å². The Morgan fingerprint density at radius 2 is 1.47 bits per heavy atom. The lowest BCUT2D eigenvalue weighted by molar-refractivity contribution is 0.0516. The number of piperazine rings is 1. The third-order valence-corrected chi connectivity index (χ3v) is 8.98. The monoisotopic (exact) mass is 508 g/mol. The van der Waals surface area contributed by atoms with Gasteiger partial charge >= 0.3 is 0 Å². The second kappa shape index (κ2) is 10.0. The highest BCUT2D eigenvalue weighted by Gasteiger charge is 2.35. The fourth-order valence-corrected chi connectivity index (χ4v) is 6.98. The standard InChI is InChI=1S/C31H36N6O/c32-30-29-28(22-8-14-27(15-9-22)38-26-6-2-1-3-7-26)20-37(31(29)34-21-33-30)24-12-10-23(11-13-24)36-18-17-35-16-4-5-25(35)19-36/h1-3,6-9,14-15,20-21,23-25H,4-5,10-13,16-19H2,(H2,32,33,34). The van der Waals surface area contributed by atoms with Crippen LogP contribution < -0.4 is 10.5 Å². The Labute approximate surface area is 224 Å². The molecule has 2 N–H and O–H groups in total. The average Bonchev–Trinajstić information content (AvgIpc) is 3.60. The van der Waals surface area contributed by atoms with E-state index in [1.54, 1.807) is 6.33 Å². The molecule has 38 heavy (non-hydrogen) atoms. The van der Waals surface area contributed by atoms with E-state index >= 15 is 0 Å². The first-order valence-electron chi connectivity index (χ1n) is 14.2. The Balaban J connectivity index is 1.11. The summed E-state index contributed by atoms with van der Waals surface area (Å²) in [5.41, 5.74) is 9.56. The fraction of sp³-hybridized carbons (Fsp3) is 0.419. The Bertz CT molecular complexity index is 1390. The van der Waals surface area contributed by atoms with Crippen molar-refractivity contribution in [1.29, 1.82) is 0 Å². The molecule has 1 aliphatic carbocycles. The predicted octanol–water partition coefficient (Wildman–Crippen LogP) is 5.74. The molecule has 0 amide bonds. The van der Waals surface area contributed by atoms with E-state index in [0.717, 1.165) is 39.7 Å². The maximum atomic E-state index is 6.43. The predicted molar refractivity (Wildman–Crippen MR) is 151 cm³/mol. The molecule has 3 aliphatic rings. The molecule has 196 valence electrons. The van der Waals surface area contributed by atoms with Gasteiger partial charge in [0.2, 0.25) is 0 Å². The van der Waals surface area contributed by atoms with Crippen molar-refractivity contribution in [3.63, 3.8) is 0 Å². The van der Waals surface area contributed by atoms with Crippen molar-refractivity contribution in [2.24, 2.45) is 0 Å². The highest BCUT2D eigenvalue weighted by atomic mass is 16.5. The smallest absolute Gasteiger partial charge is 0.146 e. The molecule has 7 rings (SSSR count). The molecule has 2 aromatic heterocycles. The maximum Gasteiger partial charge on any atom is 0.146 e. The summed E-state index contributed by atoms with van der Waals surface area (Å²) in [5.74, 6) is 2.18. The minimum absolute atomic E-state index is 0.435. The molecule has 1 unspecified atom stereocenters. The molecule has 7 nitrogen and oxygen atoms in total. The number of benzene rings is 2. The van der Waals surface area contributed by atoms with E-state index in [9.17, 15) is 0 Å². The van der Waals surface area contributed by atoms with E-state index in [1.165, 1.54) is 64.7 Å². The van der Waals surface area contributed by atoms with Crippen LogP contribution in [0.5, 0.6) is 11.5 Å². The Morgan fingerprint density at radius 3 is 2.29 bits per heavy atom. The Morgan fingerprint density at radius 1 is 0.737 bits per heavy atom.